The lowest BCUT2D eigenvalue weighted by Gasteiger charge is -1.87. The Bertz CT molecular complexity index is 138. The Morgan fingerprint density at radius 3 is 2.78 bits per heavy atom. The molecule has 0 aliphatic rings. The lowest BCUT2D eigenvalue weighted by molar-refractivity contribution is 1.51. The zero-order valence-corrected chi connectivity index (χ0v) is 7.42. The van der Waals surface area contributed by atoms with E-state index in [2.05, 4.69) is 27.6 Å². The van der Waals surface area contributed by atoms with Gasteiger partial charge < -0.3 is 0 Å². The van der Waals surface area contributed by atoms with Crippen molar-refractivity contribution in [1.29, 1.82) is 5.41 Å². The Morgan fingerprint density at radius 2 is 2.44 bits per heavy atom. The molecule has 50 valence electrons. The molecule has 0 atom stereocenters. The summed E-state index contributed by atoms with van der Waals surface area (Å²) in [7, 11) is 0. The van der Waals surface area contributed by atoms with Gasteiger partial charge in [-0.3, -0.25) is 5.41 Å². The van der Waals surface area contributed by atoms with Gasteiger partial charge in [0, 0.05) is 4.43 Å². The predicted octanol–water partition coefficient (Wildman–Crippen LogP) is 2.05. The van der Waals surface area contributed by atoms with Gasteiger partial charge in [-0.05, 0) is 13.0 Å². The molecule has 3 heteroatoms. The summed E-state index contributed by atoms with van der Waals surface area (Å²) in [5.41, 5.74) is 0.938. The summed E-state index contributed by atoms with van der Waals surface area (Å²) in [5.74, 6) is 0. The van der Waals surface area contributed by atoms with Gasteiger partial charge in [0.1, 0.15) is 6.34 Å². The Hall–Kier alpha value is -0.190. The van der Waals surface area contributed by atoms with Crippen molar-refractivity contribution in [3.8, 4) is 0 Å². The summed E-state index contributed by atoms with van der Waals surface area (Å²) >= 11 is 2.21. The maximum Gasteiger partial charge on any atom is 0.107 e. The molecule has 1 N–H and O–H groups in total. The van der Waals surface area contributed by atoms with Crippen LogP contribution in [0.5, 0.6) is 0 Å². The van der Waals surface area contributed by atoms with Crippen molar-refractivity contribution in [2.75, 3.05) is 4.43 Å². The van der Waals surface area contributed by atoms with E-state index in [0.717, 1.165) is 16.5 Å². The van der Waals surface area contributed by atoms with Crippen LogP contribution in [-0.4, -0.2) is 16.5 Å². The van der Waals surface area contributed by atoms with Crippen molar-refractivity contribution in [3.63, 3.8) is 0 Å². The molecule has 0 aliphatic heterocycles. The quantitative estimate of drug-likeness (QED) is 0.337. The lowest BCUT2D eigenvalue weighted by atomic mass is 10.4. The number of hydrogen-bond acceptors (Lipinski definition) is 1. The van der Waals surface area contributed by atoms with Crippen LogP contribution in [0.2, 0.25) is 0 Å². The fourth-order valence-corrected chi connectivity index (χ4v) is 0.849. The molecule has 0 fully saturated rings. The minimum atomic E-state index is 0.859. The van der Waals surface area contributed by atoms with Gasteiger partial charge in [0.05, 0.1) is 5.71 Å². The van der Waals surface area contributed by atoms with Gasteiger partial charge in [0.15, 0.2) is 0 Å². The maximum atomic E-state index is 6.67. The van der Waals surface area contributed by atoms with Crippen LogP contribution in [0, 0.1) is 5.41 Å². The van der Waals surface area contributed by atoms with E-state index in [9.17, 15) is 0 Å². The van der Waals surface area contributed by atoms with Gasteiger partial charge in [-0.15, -0.1) is 0 Å². The molecule has 0 aliphatic carbocycles. The second kappa shape index (κ2) is 5.94. The SMILES string of the molecule is CC=C/C(CI)=N/C=N. The largest absolute Gasteiger partial charge is 0.290 e. The van der Waals surface area contributed by atoms with E-state index in [1.165, 1.54) is 0 Å². The zero-order chi connectivity index (χ0) is 7.11. The smallest absolute Gasteiger partial charge is 0.107 e. The van der Waals surface area contributed by atoms with Gasteiger partial charge >= 0.3 is 0 Å². The van der Waals surface area contributed by atoms with Gasteiger partial charge in [-0.25, -0.2) is 4.99 Å². The summed E-state index contributed by atoms with van der Waals surface area (Å²) in [6, 6.07) is 0. The number of aliphatic imine (C=N–C) groups is 1. The Kier molecular flexibility index (Phi) is 5.81. The van der Waals surface area contributed by atoms with Crippen molar-refractivity contribution in [1.82, 2.24) is 0 Å². The van der Waals surface area contributed by atoms with E-state index < -0.39 is 0 Å². The topological polar surface area (TPSA) is 36.2 Å². The minimum Gasteiger partial charge on any atom is -0.290 e. The molecule has 0 aromatic carbocycles. The highest BCUT2D eigenvalue weighted by Crippen LogP contribution is 1.88. The molecule has 0 unspecified atom stereocenters. The molecule has 0 radical (unpaired) electrons. The highest BCUT2D eigenvalue weighted by molar-refractivity contribution is 14.1. The number of nitrogens with one attached hydrogen (secondary N) is 1. The van der Waals surface area contributed by atoms with E-state index in [1.807, 2.05) is 19.1 Å². The summed E-state index contributed by atoms with van der Waals surface area (Å²) in [4.78, 5) is 3.80. The van der Waals surface area contributed by atoms with Crippen LogP contribution in [-0.2, 0) is 0 Å². The molecule has 0 amide bonds. The van der Waals surface area contributed by atoms with Crippen molar-refractivity contribution < 1.29 is 0 Å². The fourth-order valence-electron chi connectivity index (χ4n) is 0.397. The molecule has 2 nitrogen and oxygen atoms in total. The predicted molar refractivity (Wildman–Crippen MR) is 49.9 cm³/mol. The fraction of sp³-hybridized carbons (Fsp3) is 0.333. The molecule has 0 spiro atoms. The van der Waals surface area contributed by atoms with E-state index in [0.29, 0.717) is 0 Å². The summed E-state index contributed by atoms with van der Waals surface area (Å²) in [6.45, 7) is 1.94. The van der Waals surface area contributed by atoms with Gasteiger partial charge in [0.25, 0.3) is 0 Å². The van der Waals surface area contributed by atoms with Gasteiger partial charge in [-0.1, -0.05) is 28.7 Å². The number of halogens is 1. The average Bonchev–Trinajstić information content (AvgIpc) is 1.88. The Balaban J connectivity index is 3.96. The molecule has 0 saturated carbocycles. The highest BCUT2D eigenvalue weighted by Gasteiger charge is 1.85. The average molecular weight is 236 g/mol. The molecular formula is C6H9IN2. The number of hydrogen-bond donors (Lipinski definition) is 1. The lowest BCUT2D eigenvalue weighted by Crippen LogP contribution is -1.93. The minimum absolute atomic E-state index is 0.859. The van der Waals surface area contributed by atoms with Crippen LogP contribution in [0.15, 0.2) is 17.1 Å². The first-order valence-corrected chi connectivity index (χ1v) is 4.12. The second-order valence-electron chi connectivity index (χ2n) is 1.38. The first kappa shape index (κ1) is 8.81. The molecule has 0 rings (SSSR count). The van der Waals surface area contributed by atoms with E-state index >= 15 is 0 Å². The number of nitrogens with zero attached hydrogens (tertiary/aromatic N) is 1. The van der Waals surface area contributed by atoms with Crippen LogP contribution in [0.3, 0.4) is 0 Å². The normalized spacial score (nSPS) is 12.4. The second-order valence-corrected chi connectivity index (χ2v) is 2.15. The molecule has 0 bridgehead atoms. The van der Waals surface area contributed by atoms with Gasteiger partial charge in [0.2, 0.25) is 0 Å². The summed E-state index contributed by atoms with van der Waals surface area (Å²) in [6.07, 6.45) is 4.88. The molecule has 0 aromatic heterocycles. The molecule has 0 saturated heterocycles. The molecule has 0 heterocycles. The van der Waals surface area contributed by atoms with Crippen molar-refractivity contribution in [2.45, 2.75) is 6.92 Å². The zero-order valence-electron chi connectivity index (χ0n) is 5.26. The Morgan fingerprint density at radius 1 is 1.78 bits per heavy atom. The first-order valence-electron chi connectivity index (χ1n) is 2.59. The van der Waals surface area contributed by atoms with E-state index in [4.69, 9.17) is 5.41 Å². The highest BCUT2D eigenvalue weighted by atomic mass is 127. The first-order chi connectivity index (χ1) is 4.35. The van der Waals surface area contributed by atoms with Crippen molar-refractivity contribution in [2.24, 2.45) is 4.99 Å². The summed E-state index contributed by atoms with van der Waals surface area (Å²) in [5, 5.41) is 6.67. The van der Waals surface area contributed by atoms with Crippen LogP contribution in [0.4, 0.5) is 0 Å². The third-order valence-corrected chi connectivity index (χ3v) is 1.51. The Labute approximate surface area is 68.7 Å². The monoisotopic (exact) mass is 236 g/mol. The maximum absolute atomic E-state index is 6.67. The van der Waals surface area contributed by atoms with Crippen molar-refractivity contribution in [3.05, 3.63) is 12.2 Å². The van der Waals surface area contributed by atoms with E-state index in [1.54, 1.807) is 0 Å². The molecule has 0 aromatic rings. The van der Waals surface area contributed by atoms with Crippen LogP contribution < -0.4 is 0 Å². The van der Waals surface area contributed by atoms with Gasteiger partial charge in [-0.2, -0.15) is 0 Å². The third-order valence-electron chi connectivity index (χ3n) is 0.726. The third kappa shape index (κ3) is 4.32. The number of alkyl halides is 1. The van der Waals surface area contributed by atoms with Crippen LogP contribution in [0.1, 0.15) is 6.92 Å². The molecular weight excluding hydrogens is 227 g/mol. The standard InChI is InChI=1S/C6H9IN2/c1-2-3-6(4-7)9-5-8/h2-3,5,8H,4H2,1H3/b3-2?,8-5?,9-6-. The number of rotatable bonds is 3. The van der Waals surface area contributed by atoms with E-state index in [-0.39, 0.29) is 0 Å². The van der Waals surface area contributed by atoms with Crippen LogP contribution >= 0.6 is 22.6 Å². The van der Waals surface area contributed by atoms with Crippen molar-refractivity contribution >= 4 is 34.6 Å². The summed E-state index contributed by atoms with van der Waals surface area (Å²) < 4.78 is 0.859. The van der Waals surface area contributed by atoms with Crippen LogP contribution in [0.25, 0.3) is 0 Å². The molecule has 9 heavy (non-hydrogen) atoms. The number of allylic oxidation sites excluding steroid dienone is 2.